The number of amides is 1. The van der Waals surface area contributed by atoms with E-state index < -0.39 is 0 Å². The van der Waals surface area contributed by atoms with Crippen LogP contribution in [0.1, 0.15) is 75.1 Å². The molecule has 6 rings (SSSR count). The lowest BCUT2D eigenvalue weighted by Crippen LogP contribution is -2.55. The molecule has 1 aromatic rings. The van der Waals surface area contributed by atoms with Crippen molar-refractivity contribution < 1.29 is 9.72 Å². The Labute approximate surface area is 178 Å². The number of carbonyl (C=O) groups is 1. The average Bonchev–Trinajstić information content (AvgIpc) is 2.73. The molecule has 1 N–H and O–H groups in total. The molecule has 5 fully saturated rings. The Kier molecular flexibility index (Phi) is 4.98. The second-order valence-electron chi connectivity index (χ2n) is 10.5. The van der Waals surface area contributed by atoms with Crippen molar-refractivity contribution >= 4 is 17.3 Å². The Bertz CT molecular complexity index is 811. The highest BCUT2D eigenvalue weighted by Gasteiger charge is 2.53. The maximum Gasteiger partial charge on any atom is 0.293 e. The van der Waals surface area contributed by atoms with E-state index in [0.717, 1.165) is 43.7 Å². The summed E-state index contributed by atoms with van der Waals surface area (Å²) in [5.41, 5.74) is 1.32. The van der Waals surface area contributed by atoms with Gasteiger partial charge in [0.25, 0.3) is 11.6 Å². The van der Waals surface area contributed by atoms with Gasteiger partial charge in [0.2, 0.25) is 0 Å². The number of nitro groups is 1. The molecule has 0 unspecified atom stereocenters. The van der Waals surface area contributed by atoms with Crippen LogP contribution in [0.25, 0.3) is 0 Å². The van der Waals surface area contributed by atoms with Crippen LogP contribution in [0.15, 0.2) is 18.2 Å². The molecular formula is C24H33N3O3. The third-order valence-electron chi connectivity index (χ3n) is 8.48. The summed E-state index contributed by atoms with van der Waals surface area (Å²) in [6.45, 7) is 3.84. The largest absolute Gasteiger partial charge is 0.366 e. The van der Waals surface area contributed by atoms with E-state index in [-0.39, 0.29) is 28.0 Å². The van der Waals surface area contributed by atoms with E-state index in [0.29, 0.717) is 11.3 Å². The summed E-state index contributed by atoms with van der Waals surface area (Å²) < 4.78 is 0. The highest BCUT2D eigenvalue weighted by atomic mass is 16.6. The summed E-state index contributed by atoms with van der Waals surface area (Å²) in [6, 6.07) is 5.12. The molecule has 162 valence electrons. The van der Waals surface area contributed by atoms with Crippen molar-refractivity contribution in [1.29, 1.82) is 0 Å². The van der Waals surface area contributed by atoms with Crippen LogP contribution in [0.3, 0.4) is 0 Å². The summed E-state index contributed by atoms with van der Waals surface area (Å²) in [5, 5.41) is 15.0. The van der Waals surface area contributed by atoms with Crippen molar-refractivity contribution in [2.75, 3.05) is 18.0 Å². The third-order valence-corrected chi connectivity index (χ3v) is 8.48. The number of piperidine rings is 1. The molecular weight excluding hydrogens is 378 g/mol. The second-order valence-corrected chi connectivity index (χ2v) is 10.5. The number of nitro benzene ring substituents is 1. The van der Waals surface area contributed by atoms with E-state index in [2.05, 4.69) is 17.1 Å². The molecule has 0 radical (unpaired) electrons. The predicted molar refractivity (Wildman–Crippen MR) is 117 cm³/mol. The van der Waals surface area contributed by atoms with Gasteiger partial charge in [-0.1, -0.05) is 0 Å². The lowest BCUT2D eigenvalue weighted by Gasteiger charge is -2.59. The van der Waals surface area contributed by atoms with Crippen molar-refractivity contribution in [1.82, 2.24) is 5.32 Å². The quantitative estimate of drug-likeness (QED) is 0.551. The molecule has 1 saturated heterocycles. The van der Waals surface area contributed by atoms with Crippen LogP contribution in [0.4, 0.5) is 11.4 Å². The highest BCUT2D eigenvalue weighted by molar-refractivity contribution is 5.96. The Morgan fingerprint density at radius 1 is 1.10 bits per heavy atom. The third kappa shape index (κ3) is 3.48. The maximum absolute atomic E-state index is 13.1. The number of carbonyl (C=O) groups excluding carboxylic acids is 1. The van der Waals surface area contributed by atoms with Gasteiger partial charge in [-0.25, -0.2) is 0 Å². The fraction of sp³-hybridized carbons (Fsp3) is 0.708. The predicted octanol–water partition coefficient (Wildman–Crippen LogP) is 4.92. The number of hydrogen-bond donors (Lipinski definition) is 1. The van der Waals surface area contributed by atoms with Crippen LogP contribution in [-0.2, 0) is 0 Å². The minimum absolute atomic E-state index is 0.0482. The molecule has 1 aromatic carbocycles. The van der Waals surface area contributed by atoms with Crippen molar-refractivity contribution in [2.24, 2.45) is 23.2 Å². The molecule has 0 spiro atoms. The number of anilines is 1. The molecule has 0 aromatic heterocycles. The van der Waals surface area contributed by atoms with Crippen molar-refractivity contribution in [3.8, 4) is 0 Å². The lowest BCUT2D eigenvalue weighted by atomic mass is 9.48. The van der Waals surface area contributed by atoms with Gasteiger partial charge in [0.1, 0.15) is 5.69 Å². The molecule has 5 aliphatic rings. The first-order valence-corrected chi connectivity index (χ1v) is 11.8. The first-order valence-electron chi connectivity index (χ1n) is 11.8. The standard InChI is InChI=1S/C24H33N3O3/c1-16(24-13-17-9-18(14-24)11-19(10-17)15-24)25-23(28)20-5-6-21(22(12-20)27(29)30)26-7-3-2-4-8-26/h5-6,12,16-19H,2-4,7-11,13-15H2,1H3,(H,25,28)/t16-,17?,18?,19?,24?/m0/s1. The van der Waals surface area contributed by atoms with Crippen LogP contribution >= 0.6 is 0 Å². The van der Waals surface area contributed by atoms with Gasteiger partial charge in [-0.15, -0.1) is 0 Å². The molecule has 6 heteroatoms. The van der Waals surface area contributed by atoms with Crippen LogP contribution < -0.4 is 10.2 Å². The minimum atomic E-state index is -0.344. The van der Waals surface area contributed by atoms with Crippen LogP contribution in [0, 0.1) is 33.3 Å². The lowest BCUT2D eigenvalue weighted by molar-refractivity contribution is -0.384. The summed E-state index contributed by atoms with van der Waals surface area (Å²) in [7, 11) is 0. The van der Waals surface area contributed by atoms with Crippen LogP contribution in [0.5, 0.6) is 0 Å². The van der Waals surface area contributed by atoms with Crippen molar-refractivity contribution in [3.05, 3.63) is 33.9 Å². The Hall–Kier alpha value is -2.11. The first kappa shape index (κ1) is 19.8. The summed E-state index contributed by atoms with van der Waals surface area (Å²) >= 11 is 0. The zero-order valence-corrected chi connectivity index (χ0v) is 17.9. The molecule has 30 heavy (non-hydrogen) atoms. The van der Waals surface area contributed by atoms with Gasteiger partial charge in [-0.2, -0.15) is 0 Å². The number of rotatable bonds is 5. The molecule has 1 atom stereocenters. The summed E-state index contributed by atoms with van der Waals surface area (Å²) in [5.74, 6) is 2.33. The van der Waals surface area contributed by atoms with Crippen molar-refractivity contribution in [2.45, 2.75) is 70.8 Å². The zero-order valence-electron chi connectivity index (χ0n) is 17.9. The molecule has 4 aliphatic carbocycles. The monoisotopic (exact) mass is 411 g/mol. The minimum Gasteiger partial charge on any atom is -0.366 e. The van der Waals surface area contributed by atoms with E-state index in [1.54, 1.807) is 12.1 Å². The fourth-order valence-corrected chi connectivity index (χ4v) is 7.35. The van der Waals surface area contributed by atoms with Gasteiger partial charge < -0.3 is 10.2 Å². The highest BCUT2D eigenvalue weighted by Crippen LogP contribution is 2.61. The van der Waals surface area contributed by atoms with Gasteiger partial charge in [0, 0.05) is 30.8 Å². The molecule has 1 heterocycles. The Balaban J connectivity index is 1.33. The fourth-order valence-electron chi connectivity index (χ4n) is 7.35. The normalized spacial score (nSPS) is 33.4. The molecule has 6 nitrogen and oxygen atoms in total. The maximum atomic E-state index is 13.1. The van der Waals surface area contributed by atoms with Gasteiger partial charge in [0.05, 0.1) is 4.92 Å². The topological polar surface area (TPSA) is 75.5 Å². The second kappa shape index (κ2) is 7.54. The van der Waals surface area contributed by atoms with E-state index in [1.807, 2.05) is 0 Å². The van der Waals surface area contributed by atoms with Crippen LogP contribution in [0.2, 0.25) is 0 Å². The van der Waals surface area contributed by atoms with Gasteiger partial charge in [-0.3, -0.25) is 14.9 Å². The van der Waals surface area contributed by atoms with Gasteiger partial charge in [-0.05, 0) is 100 Å². The summed E-state index contributed by atoms with van der Waals surface area (Å²) in [4.78, 5) is 26.5. The number of benzene rings is 1. The molecule has 1 aliphatic heterocycles. The van der Waals surface area contributed by atoms with E-state index in [4.69, 9.17) is 0 Å². The Morgan fingerprint density at radius 3 is 2.27 bits per heavy atom. The average molecular weight is 412 g/mol. The van der Waals surface area contributed by atoms with Gasteiger partial charge in [0.15, 0.2) is 0 Å². The number of nitrogens with one attached hydrogen (secondary N) is 1. The van der Waals surface area contributed by atoms with Gasteiger partial charge >= 0.3 is 0 Å². The van der Waals surface area contributed by atoms with E-state index in [1.165, 1.54) is 51.0 Å². The first-order chi connectivity index (χ1) is 14.4. The molecule has 4 bridgehead atoms. The smallest absolute Gasteiger partial charge is 0.293 e. The zero-order chi connectivity index (χ0) is 20.9. The molecule has 1 amide bonds. The Morgan fingerprint density at radius 2 is 1.70 bits per heavy atom. The number of hydrogen-bond acceptors (Lipinski definition) is 4. The number of nitrogens with zero attached hydrogens (tertiary/aromatic N) is 2. The van der Waals surface area contributed by atoms with E-state index in [9.17, 15) is 14.9 Å². The molecule has 4 saturated carbocycles. The van der Waals surface area contributed by atoms with Crippen LogP contribution in [-0.4, -0.2) is 30.0 Å². The van der Waals surface area contributed by atoms with E-state index >= 15 is 0 Å². The SMILES string of the molecule is C[C@H](NC(=O)c1ccc(N2CCCCC2)c([N+](=O)[O-])c1)C12CC3CC(CC(C3)C1)C2. The van der Waals surface area contributed by atoms with Crippen molar-refractivity contribution in [3.63, 3.8) is 0 Å². The summed E-state index contributed by atoms with van der Waals surface area (Å²) in [6.07, 6.45) is 11.1.